The molecule has 0 aliphatic carbocycles. The first kappa shape index (κ1) is 16.7. The molecule has 0 spiro atoms. The Morgan fingerprint density at radius 1 is 1.27 bits per heavy atom. The molecule has 0 fully saturated rings. The first-order valence-corrected chi connectivity index (χ1v) is 9.68. The summed E-state index contributed by atoms with van der Waals surface area (Å²) in [6.07, 6.45) is 1.52. The van der Waals surface area contributed by atoms with Crippen LogP contribution in [0.25, 0.3) is 20.8 Å². The third-order valence-electron chi connectivity index (χ3n) is 3.96. The van der Waals surface area contributed by atoms with Gasteiger partial charge in [-0.15, -0.1) is 22.7 Å². The van der Waals surface area contributed by atoms with Gasteiger partial charge in [0.05, 0.1) is 16.7 Å². The van der Waals surface area contributed by atoms with E-state index in [2.05, 4.69) is 15.4 Å². The molecule has 0 aliphatic rings. The van der Waals surface area contributed by atoms with E-state index < -0.39 is 0 Å². The van der Waals surface area contributed by atoms with Crippen molar-refractivity contribution in [2.45, 2.75) is 6.54 Å². The van der Waals surface area contributed by atoms with Gasteiger partial charge in [0.25, 0.3) is 11.5 Å². The van der Waals surface area contributed by atoms with Gasteiger partial charge in [-0.1, -0.05) is 6.07 Å². The maximum atomic E-state index is 12.4. The molecule has 0 bridgehead atoms. The van der Waals surface area contributed by atoms with Crippen LogP contribution in [0.1, 0.15) is 10.5 Å². The number of thiophene rings is 2. The lowest BCUT2D eigenvalue weighted by Gasteiger charge is -2.07. The van der Waals surface area contributed by atoms with Crippen LogP contribution in [-0.4, -0.2) is 31.8 Å². The normalized spacial score (nSPS) is 11.1. The molecule has 0 saturated heterocycles. The smallest absolute Gasteiger partial charge is 0.271 e. The summed E-state index contributed by atoms with van der Waals surface area (Å²) in [5.74, 6) is -0.221. The van der Waals surface area contributed by atoms with E-state index in [1.807, 2.05) is 29.0 Å². The van der Waals surface area contributed by atoms with Crippen molar-refractivity contribution >= 4 is 38.8 Å². The minimum atomic E-state index is -0.221. The first-order chi connectivity index (χ1) is 12.6. The fourth-order valence-corrected chi connectivity index (χ4v) is 4.12. The van der Waals surface area contributed by atoms with Crippen molar-refractivity contribution < 1.29 is 4.79 Å². The van der Waals surface area contributed by atoms with Gasteiger partial charge < -0.3 is 5.32 Å². The number of nitrogens with zero attached hydrogens (tertiary/aromatic N) is 4. The van der Waals surface area contributed by atoms with E-state index in [1.54, 1.807) is 29.1 Å². The summed E-state index contributed by atoms with van der Waals surface area (Å²) >= 11 is 2.95. The highest BCUT2D eigenvalue weighted by Gasteiger charge is 2.14. The Labute approximate surface area is 156 Å². The zero-order valence-corrected chi connectivity index (χ0v) is 15.5. The van der Waals surface area contributed by atoms with Gasteiger partial charge in [-0.05, 0) is 29.0 Å². The number of aryl methyl sites for hydroxylation is 1. The summed E-state index contributed by atoms with van der Waals surface area (Å²) in [5, 5.41) is 11.0. The largest absolute Gasteiger partial charge is 0.349 e. The van der Waals surface area contributed by atoms with Crippen LogP contribution in [0.15, 0.2) is 46.1 Å². The highest BCUT2D eigenvalue weighted by Crippen LogP contribution is 2.23. The van der Waals surface area contributed by atoms with Gasteiger partial charge in [0, 0.05) is 20.1 Å². The van der Waals surface area contributed by atoms with Crippen molar-refractivity contribution in [1.82, 2.24) is 24.6 Å². The third kappa shape index (κ3) is 3.06. The molecular weight excluding hydrogens is 370 g/mol. The summed E-state index contributed by atoms with van der Waals surface area (Å²) in [6, 6.07) is 7.51. The number of aromatic nitrogens is 4. The van der Waals surface area contributed by atoms with Gasteiger partial charge in [-0.3, -0.25) is 18.8 Å². The number of hydrogen-bond acceptors (Lipinski definition) is 6. The van der Waals surface area contributed by atoms with E-state index >= 15 is 0 Å². The predicted octanol–water partition coefficient (Wildman–Crippen LogP) is 2.35. The molecular formula is C17H15N5O2S2. The quantitative estimate of drug-likeness (QED) is 0.572. The monoisotopic (exact) mass is 385 g/mol. The van der Waals surface area contributed by atoms with E-state index in [9.17, 15) is 9.59 Å². The standard InChI is InChI=1S/C17H15N5O2S2/c1-21-13(9-12(20-21)14-3-2-7-25-14)16(23)18-5-6-22-10-19-11-4-8-26-15(11)17(22)24/h2-4,7-10H,5-6H2,1H3,(H,18,23). The number of carbonyl (C=O) groups excluding carboxylic acids is 1. The lowest BCUT2D eigenvalue weighted by Crippen LogP contribution is -2.31. The van der Waals surface area contributed by atoms with Crippen molar-refractivity contribution in [3.05, 3.63) is 57.4 Å². The van der Waals surface area contributed by atoms with E-state index in [-0.39, 0.29) is 11.5 Å². The Balaban J connectivity index is 1.44. The lowest BCUT2D eigenvalue weighted by atomic mass is 10.3. The molecule has 4 heterocycles. The van der Waals surface area contributed by atoms with Crippen LogP contribution < -0.4 is 10.9 Å². The predicted molar refractivity (Wildman–Crippen MR) is 103 cm³/mol. The number of amides is 1. The van der Waals surface area contributed by atoms with Crippen LogP contribution in [0.4, 0.5) is 0 Å². The molecule has 0 aromatic carbocycles. The van der Waals surface area contributed by atoms with Crippen LogP contribution >= 0.6 is 22.7 Å². The summed E-state index contributed by atoms with van der Waals surface area (Å²) in [5.41, 5.74) is 1.87. The number of fused-ring (bicyclic) bond motifs is 1. The Bertz CT molecular complexity index is 1120. The fraction of sp³-hybridized carbons (Fsp3) is 0.176. The third-order valence-corrected chi connectivity index (χ3v) is 5.74. The van der Waals surface area contributed by atoms with Crippen molar-refractivity contribution in [3.8, 4) is 10.6 Å². The zero-order valence-electron chi connectivity index (χ0n) is 13.9. The van der Waals surface area contributed by atoms with Crippen molar-refractivity contribution in [2.24, 2.45) is 7.05 Å². The van der Waals surface area contributed by atoms with Crippen LogP contribution in [0.2, 0.25) is 0 Å². The molecule has 0 atom stereocenters. The first-order valence-electron chi connectivity index (χ1n) is 7.92. The Kier molecular flexibility index (Phi) is 4.39. The van der Waals surface area contributed by atoms with E-state index in [0.29, 0.717) is 29.0 Å². The number of hydrogen-bond donors (Lipinski definition) is 1. The highest BCUT2D eigenvalue weighted by atomic mass is 32.1. The molecule has 132 valence electrons. The minimum Gasteiger partial charge on any atom is -0.349 e. The van der Waals surface area contributed by atoms with Crippen LogP contribution in [-0.2, 0) is 13.6 Å². The van der Waals surface area contributed by atoms with Gasteiger partial charge in [-0.25, -0.2) is 4.98 Å². The maximum absolute atomic E-state index is 12.4. The Morgan fingerprint density at radius 2 is 2.15 bits per heavy atom. The Morgan fingerprint density at radius 3 is 2.96 bits per heavy atom. The molecule has 1 amide bonds. The number of nitrogens with one attached hydrogen (secondary N) is 1. The number of rotatable bonds is 5. The highest BCUT2D eigenvalue weighted by molar-refractivity contribution is 7.17. The van der Waals surface area contributed by atoms with Crippen molar-refractivity contribution in [2.75, 3.05) is 6.54 Å². The summed E-state index contributed by atoms with van der Waals surface area (Å²) in [4.78, 5) is 30.0. The summed E-state index contributed by atoms with van der Waals surface area (Å²) in [7, 11) is 1.74. The Hall–Kier alpha value is -2.78. The topological polar surface area (TPSA) is 81.8 Å². The summed E-state index contributed by atoms with van der Waals surface area (Å²) in [6.45, 7) is 0.692. The lowest BCUT2D eigenvalue weighted by molar-refractivity contribution is 0.0942. The molecule has 4 aromatic rings. The molecule has 0 unspecified atom stereocenters. The second-order valence-electron chi connectivity index (χ2n) is 5.65. The average molecular weight is 385 g/mol. The fourth-order valence-electron chi connectivity index (χ4n) is 2.64. The molecule has 0 aliphatic heterocycles. The van der Waals surface area contributed by atoms with Crippen molar-refractivity contribution in [1.29, 1.82) is 0 Å². The average Bonchev–Trinajstić information content (AvgIpc) is 3.36. The molecule has 4 rings (SSSR count). The van der Waals surface area contributed by atoms with Gasteiger partial charge in [-0.2, -0.15) is 5.10 Å². The maximum Gasteiger partial charge on any atom is 0.271 e. The molecule has 9 heteroatoms. The van der Waals surface area contributed by atoms with Crippen molar-refractivity contribution in [3.63, 3.8) is 0 Å². The second kappa shape index (κ2) is 6.85. The molecule has 0 radical (unpaired) electrons. The van der Waals surface area contributed by atoms with E-state index in [4.69, 9.17) is 0 Å². The molecule has 7 nitrogen and oxygen atoms in total. The van der Waals surface area contributed by atoms with Crippen LogP contribution in [0.3, 0.4) is 0 Å². The van der Waals surface area contributed by atoms with E-state index in [1.165, 1.54) is 22.2 Å². The minimum absolute atomic E-state index is 0.0836. The number of carbonyl (C=O) groups is 1. The van der Waals surface area contributed by atoms with Gasteiger partial charge in [0.15, 0.2) is 0 Å². The summed E-state index contributed by atoms with van der Waals surface area (Å²) < 4.78 is 3.71. The zero-order chi connectivity index (χ0) is 18.1. The van der Waals surface area contributed by atoms with Gasteiger partial charge >= 0.3 is 0 Å². The van der Waals surface area contributed by atoms with Gasteiger partial charge in [0.2, 0.25) is 0 Å². The molecule has 1 N–H and O–H groups in total. The molecule has 26 heavy (non-hydrogen) atoms. The van der Waals surface area contributed by atoms with Gasteiger partial charge in [0.1, 0.15) is 16.1 Å². The second-order valence-corrected chi connectivity index (χ2v) is 7.51. The van der Waals surface area contributed by atoms with Crippen LogP contribution in [0, 0.1) is 0 Å². The molecule has 0 saturated carbocycles. The van der Waals surface area contributed by atoms with E-state index in [0.717, 1.165) is 10.6 Å². The van der Waals surface area contributed by atoms with Crippen LogP contribution in [0.5, 0.6) is 0 Å². The molecule has 4 aromatic heterocycles. The SMILES string of the molecule is Cn1nc(-c2cccs2)cc1C(=O)NCCn1cnc2ccsc2c1=O.